The van der Waals surface area contributed by atoms with Crippen molar-refractivity contribution in [3.63, 3.8) is 0 Å². The van der Waals surface area contributed by atoms with Gasteiger partial charge in [-0.2, -0.15) is 0 Å². The summed E-state index contributed by atoms with van der Waals surface area (Å²) in [4.78, 5) is 10.9. The molecule has 0 amide bonds. The minimum atomic E-state index is 0.272. The average Bonchev–Trinajstić information content (AvgIpc) is 2.62. The minimum Gasteiger partial charge on any atom is -0.391 e. The lowest BCUT2D eigenvalue weighted by atomic mass is 10.2. The quantitative estimate of drug-likeness (QED) is 0.378. The van der Waals surface area contributed by atoms with Crippen molar-refractivity contribution in [2.45, 2.75) is 16.5 Å². The van der Waals surface area contributed by atoms with Crippen LogP contribution in [-0.4, -0.2) is 11.2 Å². The fraction of sp³-hybridized carbons (Fsp3) is 0.0526. The molecule has 0 saturated heterocycles. The largest absolute Gasteiger partial charge is 0.391 e. The fourth-order valence-corrected chi connectivity index (χ4v) is 3.36. The van der Waals surface area contributed by atoms with Crippen molar-refractivity contribution in [2.75, 3.05) is 0 Å². The van der Waals surface area contributed by atoms with Gasteiger partial charge in [-0.3, -0.25) is 0 Å². The van der Waals surface area contributed by atoms with Crippen LogP contribution in [-0.2, 0) is 11.4 Å². The number of benzene rings is 2. The van der Waals surface area contributed by atoms with Crippen molar-refractivity contribution in [1.82, 2.24) is 4.98 Å². The molecule has 0 aliphatic rings. The standard InChI is InChI=1S/C19H14Cl2N2OS/c20-16-9-8-15(18(21)11-16)13-24-23-12-14-5-4-10-22-19(14)25-17-6-2-1-3-7-17/h1-12H,13H2/b23-12+. The van der Waals surface area contributed by atoms with E-state index >= 15 is 0 Å². The normalized spacial score (nSPS) is 11.0. The molecule has 0 unspecified atom stereocenters. The molecule has 0 fully saturated rings. The van der Waals surface area contributed by atoms with Crippen molar-refractivity contribution >= 4 is 41.2 Å². The molecule has 0 N–H and O–H groups in total. The van der Waals surface area contributed by atoms with Crippen LogP contribution in [0.3, 0.4) is 0 Å². The summed E-state index contributed by atoms with van der Waals surface area (Å²) in [5, 5.41) is 6.05. The van der Waals surface area contributed by atoms with E-state index in [0.717, 1.165) is 21.0 Å². The molecule has 0 radical (unpaired) electrons. The van der Waals surface area contributed by atoms with Gasteiger partial charge in [-0.15, -0.1) is 0 Å². The summed E-state index contributed by atoms with van der Waals surface area (Å²) in [6, 6.07) is 19.1. The summed E-state index contributed by atoms with van der Waals surface area (Å²) in [6.45, 7) is 0.272. The van der Waals surface area contributed by atoms with E-state index in [-0.39, 0.29) is 6.61 Å². The van der Waals surface area contributed by atoms with Crippen molar-refractivity contribution in [1.29, 1.82) is 0 Å². The van der Waals surface area contributed by atoms with Crippen LogP contribution >= 0.6 is 35.0 Å². The maximum atomic E-state index is 6.11. The zero-order valence-electron chi connectivity index (χ0n) is 13.1. The number of oxime groups is 1. The molecule has 0 atom stereocenters. The predicted octanol–water partition coefficient (Wildman–Crippen LogP) is 6.09. The van der Waals surface area contributed by atoms with Crippen molar-refractivity contribution in [2.24, 2.45) is 5.16 Å². The Morgan fingerprint density at radius 2 is 1.88 bits per heavy atom. The summed E-state index contributed by atoms with van der Waals surface area (Å²) in [6.07, 6.45) is 3.42. The smallest absolute Gasteiger partial charge is 0.143 e. The highest BCUT2D eigenvalue weighted by atomic mass is 35.5. The summed E-state index contributed by atoms with van der Waals surface area (Å²) in [7, 11) is 0. The van der Waals surface area contributed by atoms with Crippen LogP contribution in [0.15, 0.2) is 81.9 Å². The van der Waals surface area contributed by atoms with E-state index in [1.54, 1.807) is 36.3 Å². The van der Waals surface area contributed by atoms with Gasteiger partial charge < -0.3 is 4.84 Å². The number of nitrogens with zero attached hydrogens (tertiary/aromatic N) is 2. The number of aromatic nitrogens is 1. The van der Waals surface area contributed by atoms with Crippen LogP contribution in [0.1, 0.15) is 11.1 Å². The second-order valence-electron chi connectivity index (χ2n) is 5.06. The lowest BCUT2D eigenvalue weighted by molar-refractivity contribution is 0.132. The molecule has 0 spiro atoms. The molecule has 1 heterocycles. The summed E-state index contributed by atoms with van der Waals surface area (Å²) < 4.78 is 0. The molecule has 2 aromatic carbocycles. The van der Waals surface area contributed by atoms with Gasteiger partial charge in [-0.25, -0.2) is 4.98 Å². The first-order chi connectivity index (χ1) is 12.2. The molecule has 0 aliphatic carbocycles. The van der Waals surface area contributed by atoms with Crippen molar-refractivity contribution < 1.29 is 4.84 Å². The minimum absolute atomic E-state index is 0.272. The zero-order chi connectivity index (χ0) is 17.5. The van der Waals surface area contributed by atoms with Gasteiger partial charge in [0.2, 0.25) is 0 Å². The topological polar surface area (TPSA) is 34.5 Å². The Labute approximate surface area is 160 Å². The van der Waals surface area contributed by atoms with Crippen molar-refractivity contribution in [3.8, 4) is 0 Å². The second kappa shape index (κ2) is 8.90. The molecule has 126 valence electrons. The molecule has 1 aromatic heterocycles. The molecule has 3 nitrogen and oxygen atoms in total. The molecular weight excluding hydrogens is 375 g/mol. The number of rotatable bonds is 6. The second-order valence-corrected chi connectivity index (χ2v) is 6.96. The number of pyridine rings is 1. The van der Waals surface area contributed by atoms with E-state index in [9.17, 15) is 0 Å². The first kappa shape index (κ1) is 17.8. The van der Waals surface area contributed by atoms with E-state index in [4.69, 9.17) is 28.0 Å². The maximum absolute atomic E-state index is 6.11. The fourth-order valence-electron chi connectivity index (χ4n) is 2.03. The molecular formula is C19H14Cl2N2OS. The Kier molecular flexibility index (Phi) is 6.34. The van der Waals surface area contributed by atoms with Gasteiger partial charge in [0, 0.05) is 32.3 Å². The molecule has 6 heteroatoms. The highest BCUT2D eigenvalue weighted by molar-refractivity contribution is 7.99. The highest BCUT2D eigenvalue weighted by Gasteiger charge is 2.04. The van der Waals surface area contributed by atoms with Gasteiger partial charge in [0.05, 0.1) is 6.21 Å². The van der Waals surface area contributed by atoms with E-state index in [0.29, 0.717) is 10.0 Å². The van der Waals surface area contributed by atoms with E-state index in [1.807, 2.05) is 48.5 Å². The molecule has 25 heavy (non-hydrogen) atoms. The Balaban J connectivity index is 1.65. The van der Waals surface area contributed by atoms with Crippen LogP contribution < -0.4 is 0 Å². The Bertz CT molecular complexity index is 872. The van der Waals surface area contributed by atoms with Gasteiger partial charge in [0.1, 0.15) is 11.6 Å². The Hall–Kier alpha value is -2.01. The number of halogens is 2. The van der Waals surface area contributed by atoms with Crippen LogP contribution in [0, 0.1) is 0 Å². The third-order valence-electron chi connectivity index (χ3n) is 3.26. The van der Waals surface area contributed by atoms with Crippen LogP contribution in [0.25, 0.3) is 0 Å². The van der Waals surface area contributed by atoms with Gasteiger partial charge >= 0.3 is 0 Å². The molecule has 0 bridgehead atoms. The molecule has 0 aliphatic heterocycles. The maximum Gasteiger partial charge on any atom is 0.143 e. The molecule has 3 aromatic rings. The molecule has 0 saturated carbocycles. The van der Waals surface area contributed by atoms with Crippen LogP contribution in [0.2, 0.25) is 10.0 Å². The Morgan fingerprint density at radius 1 is 1.04 bits per heavy atom. The van der Waals surface area contributed by atoms with E-state index < -0.39 is 0 Å². The van der Waals surface area contributed by atoms with Crippen molar-refractivity contribution in [3.05, 3.63) is 88.0 Å². The summed E-state index contributed by atoms with van der Waals surface area (Å²) >= 11 is 13.6. The van der Waals surface area contributed by atoms with Gasteiger partial charge in [-0.1, -0.05) is 64.4 Å². The average molecular weight is 389 g/mol. The third-order valence-corrected chi connectivity index (χ3v) is 4.89. The first-order valence-corrected chi connectivity index (χ1v) is 9.07. The highest BCUT2D eigenvalue weighted by Crippen LogP contribution is 2.27. The monoisotopic (exact) mass is 388 g/mol. The molecule has 3 rings (SSSR count). The van der Waals surface area contributed by atoms with Gasteiger partial charge in [-0.05, 0) is 36.4 Å². The number of hydrogen-bond donors (Lipinski definition) is 0. The summed E-state index contributed by atoms with van der Waals surface area (Å²) in [5.41, 5.74) is 1.71. The SMILES string of the molecule is Clc1ccc(CO/N=C/c2cccnc2Sc2ccccc2)c(Cl)c1. The summed E-state index contributed by atoms with van der Waals surface area (Å²) in [5.74, 6) is 0. The van der Waals surface area contributed by atoms with Crippen LogP contribution in [0.4, 0.5) is 0 Å². The Morgan fingerprint density at radius 3 is 2.68 bits per heavy atom. The zero-order valence-corrected chi connectivity index (χ0v) is 15.4. The lowest BCUT2D eigenvalue weighted by Crippen LogP contribution is -1.92. The third kappa shape index (κ3) is 5.23. The lowest BCUT2D eigenvalue weighted by Gasteiger charge is -2.05. The van der Waals surface area contributed by atoms with Gasteiger partial charge in [0.25, 0.3) is 0 Å². The van der Waals surface area contributed by atoms with E-state index in [2.05, 4.69) is 10.1 Å². The predicted molar refractivity (Wildman–Crippen MR) is 104 cm³/mol. The number of hydrogen-bond acceptors (Lipinski definition) is 4. The van der Waals surface area contributed by atoms with E-state index in [1.165, 1.54) is 0 Å². The van der Waals surface area contributed by atoms with Crippen LogP contribution in [0.5, 0.6) is 0 Å². The first-order valence-electron chi connectivity index (χ1n) is 7.49. The van der Waals surface area contributed by atoms with Gasteiger partial charge in [0.15, 0.2) is 0 Å².